The predicted octanol–water partition coefficient (Wildman–Crippen LogP) is 3.35. The summed E-state index contributed by atoms with van der Waals surface area (Å²) in [6.07, 6.45) is 3.73. The smallest absolute Gasteiger partial charge is 0.0493 e. The molecule has 0 amide bonds. The van der Waals surface area contributed by atoms with Crippen LogP contribution in [0.5, 0.6) is 0 Å². The lowest BCUT2D eigenvalue weighted by atomic mass is 10.4. The second kappa shape index (κ2) is 3.14. The summed E-state index contributed by atoms with van der Waals surface area (Å²) in [5.74, 6) is 1.33. The predicted molar refractivity (Wildman–Crippen MR) is 53.3 cm³/mol. The van der Waals surface area contributed by atoms with Crippen LogP contribution >= 0.6 is 11.8 Å². The standard InChI is InChI=1S/C8H16SSi/c1-10(2,3)7-8-5-4-6-9-8/h5H,4,6-7H2,1-3H3. The van der Waals surface area contributed by atoms with Crippen LogP contribution in [0.15, 0.2) is 11.0 Å². The summed E-state index contributed by atoms with van der Waals surface area (Å²) >= 11 is 2.07. The number of thioether (sulfide) groups is 1. The van der Waals surface area contributed by atoms with Crippen molar-refractivity contribution in [1.29, 1.82) is 0 Å². The third-order valence-electron chi connectivity index (χ3n) is 1.48. The molecule has 1 heterocycles. The zero-order chi connectivity index (χ0) is 7.61. The molecule has 0 nitrogen and oxygen atoms in total. The fraction of sp³-hybridized carbons (Fsp3) is 0.750. The van der Waals surface area contributed by atoms with E-state index in [1.54, 1.807) is 4.91 Å². The van der Waals surface area contributed by atoms with Crippen LogP contribution in [-0.4, -0.2) is 13.8 Å². The molecule has 0 unspecified atom stereocenters. The summed E-state index contributed by atoms with van der Waals surface area (Å²) < 4.78 is 0. The van der Waals surface area contributed by atoms with Gasteiger partial charge in [-0.2, -0.15) is 0 Å². The molecule has 0 spiro atoms. The lowest BCUT2D eigenvalue weighted by Gasteiger charge is -2.15. The van der Waals surface area contributed by atoms with Crippen LogP contribution < -0.4 is 0 Å². The minimum absolute atomic E-state index is 0.811. The van der Waals surface area contributed by atoms with E-state index in [2.05, 4.69) is 37.5 Å². The number of hydrogen-bond donors (Lipinski definition) is 0. The van der Waals surface area contributed by atoms with E-state index in [1.165, 1.54) is 18.2 Å². The first-order valence-electron chi connectivity index (χ1n) is 3.90. The molecule has 1 aliphatic rings. The fourth-order valence-corrected chi connectivity index (χ4v) is 4.75. The van der Waals surface area contributed by atoms with Crippen molar-refractivity contribution >= 4 is 19.8 Å². The van der Waals surface area contributed by atoms with Crippen molar-refractivity contribution in [2.24, 2.45) is 0 Å². The van der Waals surface area contributed by atoms with Gasteiger partial charge in [0.25, 0.3) is 0 Å². The molecule has 0 atom stereocenters. The highest BCUT2D eigenvalue weighted by molar-refractivity contribution is 8.03. The van der Waals surface area contributed by atoms with Gasteiger partial charge >= 0.3 is 0 Å². The van der Waals surface area contributed by atoms with E-state index in [9.17, 15) is 0 Å². The van der Waals surface area contributed by atoms with Gasteiger partial charge in [0.05, 0.1) is 0 Å². The Morgan fingerprint density at radius 3 is 2.60 bits per heavy atom. The highest BCUT2D eigenvalue weighted by Gasteiger charge is 2.17. The lowest BCUT2D eigenvalue weighted by Crippen LogP contribution is -2.18. The molecule has 0 aromatic heterocycles. The SMILES string of the molecule is C[Si](C)(C)CC1=CCCS1. The zero-order valence-corrected chi connectivity index (χ0v) is 8.92. The van der Waals surface area contributed by atoms with Crippen LogP contribution in [0.4, 0.5) is 0 Å². The molecule has 1 aliphatic heterocycles. The van der Waals surface area contributed by atoms with Gasteiger partial charge < -0.3 is 0 Å². The molecule has 58 valence electrons. The molecule has 0 aliphatic carbocycles. The molecule has 10 heavy (non-hydrogen) atoms. The van der Waals surface area contributed by atoms with Crippen molar-refractivity contribution < 1.29 is 0 Å². The molecule has 0 radical (unpaired) electrons. The molecule has 0 saturated carbocycles. The van der Waals surface area contributed by atoms with E-state index >= 15 is 0 Å². The van der Waals surface area contributed by atoms with Gasteiger partial charge in [-0.15, -0.1) is 11.8 Å². The van der Waals surface area contributed by atoms with Crippen LogP contribution in [-0.2, 0) is 0 Å². The molecular weight excluding hydrogens is 156 g/mol. The second-order valence-corrected chi connectivity index (χ2v) is 10.7. The van der Waals surface area contributed by atoms with Gasteiger partial charge in [0.15, 0.2) is 0 Å². The first-order valence-corrected chi connectivity index (χ1v) is 8.59. The van der Waals surface area contributed by atoms with E-state index in [-0.39, 0.29) is 0 Å². The number of allylic oxidation sites excluding steroid dienone is 2. The van der Waals surface area contributed by atoms with Crippen LogP contribution in [0.3, 0.4) is 0 Å². The van der Waals surface area contributed by atoms with E-state index in [0.717, 1.165) is 0 Å². The Bertz CT molecular complexity index is 144. The van der Waals surface area contributed by atoms with E-state index < -0.39 is 8.07 Å². The topological polar surface area (TPSA) is 0 Å². The quantitative estimate of drug-likeness (QED) is 0.576. The Morgan fingerprint density at radius 1 is 1.50 bits per heavy atom. The van der Waals surface area contributed by atoms with Gasteiger partial charge in [0.2, 0.25) is 0 Å². The van der Waals surface area contributed by atoms with Crippen molar-refractivity contribution in [2.75, 3.05) is 5.75 Å². The maximum atomic E-state index is 2.44. The maximum Gasteiger partial charge on any atom is 0.0493 e. The average molecular weight is 172 g/mol. The van der Waals surface area contributed by atoms with E-state index in [1.807, 2.05) is 0 Å². The molecule has 0 fully saturated rings. The Kier molecular flexibility index (Phi) is 2.64. The van der Waals surface area contributed by atoms with Gasteiger partial charge in [0.1, 0.15) is 0 Å². The van der Waals surface area contributed by atoms with Crippen LogP contribution in [0, 0.1) is 0 Å². The Morgan fingerprint density at radius 2 is 2.20 bits per heavy atom. The van der Waals surface area contributed by atoms with Crippen molar-refractivity contribution in [3.63, 3.8) is 0 Å². The van der Waals surface area contributed by atoms with Gasteiger partial charge in [-0.05, 0) is 17.4 Å². The molecule has 0 N–H and O–H groups in total. The van der Waals surface area contributed by atoms with Gasteiger partial charge in [-0.3, -0.25) is 0 Å². The summed E-state index contributed by atoms with van der Waals surface area (Å²) in [6, 6.07) is 1.40. The summed E-state index contributed by atoms with van der Waals surface area (Å²) in [7, 11) is -0.811. The maximum absolute atomic E-state index is 2.44. The Hall–Kier alpha value is 0.307. The lowest BCUT2D eigenvalue weighted by molar-refractivity contribution is 1.26. The third kappa shape index (κ3) is 2.93. The number of rotatable bonds is 2. The van der Waals surface area contributed by atoms with E-state index in [0.29, 0.717) is 0 Å². The first-order chi connectivity index (χ1) is 4.58. The largest absolute Gasteiger partial charge is 0.131 e. The van der Waals surface area contributed by atoms with Crippen LogP contribution in [0.25, 0.3) is 0 Å². The number of hydrogen-bond acceptors (Lipinski definition) is 1. The average Bonchev–Trinajstić information content (AvgIpc) is 2.12. The fourth-order valence-electron chi connectivity index (χ4n) is 1.11. The summed E-state index contributed by atoms with van der Waals surface area (Å²) in [4.78, 5) is 1.67. The van der Waals surface area contributed by atoms with Crippen molar-refractivity contribution in [3.8, 4) is 0 Å². The van der Waals surface area contributed by atoms with Crippen LogP contribution in [0.2, 0.25) is 25.7 Å². The Labute approximate surface area is 69.1 Å². The molecule has 0 aromatic carbocycles. The third-order valence-corrected chi connectivity index (χ3v) is 4.30. The second-order valence-electron chi connectivity index (χ2n) is 4.05. The molecule has 0 saturated heterocycles. The van der Waals surface area contributed by atoms with Gasteiger partial charge in [-0.1, -0.05) is 25.7 Å². The molecule has 0 aromatic rings. The van der Waals surface area contributed by atoms with Crippen LogP contribution in [0.1, 0.15) is 6.42 Å². The first kappa shape index (κ1) is 8.40. The highest BCUT2D eigenvalue weighted by atomic mass is 32.2. The minimum atomic E-state index is -0.811. The monoisotopic (exact) mass is 172 g/mol. The molecule has 2 heteroatoms. The summed E-state index contributed by atoms with van der Waals surface area (Å²) in [5.41, 5.74) is 0. The van der Waals surface area contributed by atoms with E-state index in [4.69, 9.17) is 0 Å². The molecule has 0 bridgehead atoms. The van der Waals surface area contributed by atoms with Gasteiger partial charge in [-0.25, -0.2) is 0 Å². The highest BCUT2D eigenvalue weighted by Crippen LogP contribution is 2.31. The molecular formula is C8H16SSi. The normalized spacial score (nSPS) is 19.3. The van der Waals surface area contributed by atoms with Crippen molar-refractivity contribution in [1.82, 2.24) is 0 Å². The minimum Gasteiger partial charge on any atom is -0.131 e. The zero-order valence-electron chi connectivity index (χ0n) is 7.11. The Balaban J connectivity index is 2.38. The van der Waals surface area contributed by atoms with Gasteiger partial charge in [0, 0.05) is 13.8 Å². The van der Waals surface area contributed by atoms with Crippen molar-refractivity contribution in [2.45, 2.75) is 32.1 Å². The molecule has 1 rings (SSSR count). The van der Waals surface area contributed by atoms with Crippen molar-refractivity contribution in [3.05, 3.63) is 11.0 Å². The summed E-state index contributed by atoms with van der Waals surface area (Å²) in [6.45, 7) is 7.31. The summed E-state index contributed by atoms with van der Waals surface area (Å²) in [5, 5.41) is 0.